The summed E-state index contributed by atoms with van der Waals surface area (Å²) in [4.78, 5) is 9.77. The van der Waals surface area contributed by atoms with E-state index in [1.54, 1.807) is 6.07 Å². The second kappa shape index (κ2) is 3.94. The Balaban J connectivity index is 2.14. The maximum Gasteiger partial charge on any atom is 0.305 e. The number of halogens is 1. The van der Waals surface area contributed by atoms with Crippen molar-refractivity contribution in [3.8, 4) is 0 Å². The third-order valence-corrected chi connectivity index (χ3v) is 2.41. The SMILES string of the molecule is O=[N+]([O-])c1cccc(CNC2CC2)c1F. The Bertz CT molecular complexity index is 391. The summed E-state index contributed by atoms with van der Waals surface area (Å²) in [5.41, 5.74) is -0.0961. The van der Waals surface area contributed by atoms with Crippen molar-refractivity contribution in [1.82, 2.24) is 5.32 Å². The molecule has 1 aliphatic rings. The maximum atomic E-state index is 13.5. The highest BCUT2D eigenvalue weighted by Gasteiger charge is 2.22. The van der Waals surface area contributed by atoms with Crippen LogP contribution in [0.25, 0.3) is 0 Å². The van der Waals surface area contributed by atoms with Gasteiger partial charge in [0.15, 0.2) is 0 Å². The maximum absolute atomic E-state index is 13.5. The molecule has 15 heavy (non-hydrogen) atoms. The monoisotopic (exact) mass is 210 g/mol. The lowest BCUT2D eigenvalue weighted by Crippen LogP contribution is -2.16. The molecule has 1 aromatic carbocycles. The summed E-state index contributed by atoms with van der Waals surface area (Å²) >= 11 is 0. The molecule has 5 heteroatoms. The van der Waals surface area contributed by atoms with Crippen LogP contribution in [0.3, 0.4) is 0 Å². The fraction of sp³-hybridized carbons (Fsp3) is 0.400. The molecule has 0 spiro atoms. The molecule has 1 saturated carbocycles. The van der Waals surface area contributed by atoms with Crippen molar-refractivity contribution in [3.05, 3.63) is 39.7 Å². The molecule has 0 amide bonds. The predicted octanol–water partition coefficient (Wildman–Crippen LogP) is 1.99. The first-order valence-corrected chi connectivity index (χ1v) is 4.83. The van der Waals surface area contributed by atoms with E-state index in [2.05, 4.69) is 5.32 Å². The molecular formula is C10H11FN2O2. The number of hydrogen-bond donors (Lipinski definition) is 1. The summed E-state index contributed by atoms with van der Waals surface area (Å²) in [6, 6.07) is 4.71. The molecule has 0 unspecified atom stereocenters. The van der Waals surface area contributed by atoms with E-state index in [1.807, 2.05) is 0 Å². The van der Waals surface area contributed by atoms with Gasteiger partial charge in [-0.25, -0.2) is 0 Å². The van der Waals surface area contributed by atoms with Crippen molar-refractivity contribution < 1.29 is 9.31 Å². The first kappa shape index (κ1) is 10.0. The molecule has 0 atom stereocenters. The first-order valence-electron chi connectivity index (χ1n) is 4.83. The van der Waals surface area contributed by atoms with Gasteiger partial charge < -0.3 is 5.32 Å². The molecule has 0 bridgehead atoms. The zero-order valence-corrected chi connectivity index (χ0v) is 8.07. The van der Waals surface area contributed by atoms with Crippen LogP contribution in [0.4, 0.5) is 10.1 Å². The summed E-state index contributed by atoms with van der Waals surface area (Å²) in [5, 5.41) is 13.6. The summed E-state index contributed by atoms with van der Waals surface area (Å²) in [5.74, 6) is -0.726. The minimum atomic E-state index is -0.726. The van der Waals surface area contributed by atoms with Gasteiger partial charge in [0.05, 0.1) is 4.92 Å². The number of nitro groups is 1. The van der Waals surface area contributed by atoms with E-state index < -0.39 is 16.4 Å². The summed E-state index contributed by atoms with van der Waals surface area (Å²) in [7, 11) is 0. The van der Waals surface area contributed by atoms with Crippen LogP contribution in [0.15, 0.2) is 18.2 Å². The topological polar surface area (TPSA) is 55.2 Å². The average Bonchev–Trinajstić information content (AvgIpc) is 2.99. The minimum absolute atomic E-state index is 0.358. The van der Waals surface area contributed by atoms with Crippen LogP contribution in [-0.4, -0.2) is 11.0 Å². The average molecular weight is 210 g/mol. The van der Waals surface area contributed by atoms with Crippen LogP contribution in [0.1, 0.15) is 18.4 Å². The lowest BCUT2D eigenvalue weighted by atomic mass is 10.2. The van der Waals surface area contributed by atoms with E-state index >= 15 is 0 Å². The van der Waals surface area contributed by atoms with E-state index in [0.29, 0.717) is 18.2 Å². The highest BCUT2D eigenvalue weighted by molar-refractivity contribution is 5.36. The van der Waals surface area contributed by atoms with Gasteiger partial charge in [-0.1, -0.05) is 12.1 Å². The van der Waals surface area contributed by atoms with Crippen LogP contribution < -0.4 is 5.32 Å². The molecule has 0 aromatic heterocycles. The Labute approximate surface area is 86.3 Å². The Morgan fingerprint density at radius 1 is 1.53 bits per heavy atom. The van der Waals surface area contributed by atoms with E-state index in [1.165, 1.54) is 12.1 Å². The Morgan fingerprint density at radius 3 is 2.87 bits per heavy atom. The van der Waals surface area contributed by atoms with E-state index in [4.69, 9.17) is 0 Å². The highest BCUT2D eigenvalue weighted by Crippen LogP contribution is 2.22. The second-order valence-corrected chi connectivity index (χ2v) is 3.66. The van der Waals surface area contributed by atoms with Crippen LogP contribution in [0.2, 0.25) is 0 Å². The molecule has 0 saturated heterocycles. The number of nitro benzene ring substituents is 1. The molecule has 0 radical (unpaired) electrons. The first-order chi connectivity index (χ1) is 7.18. The van der Waals surface area contributed by atoms with Gasteiger partial charge in [0.1, 0.15) is 0 Å². The molecule has 1 N–H and O–H groups in total. The second-order valence-electron chi connectivity index (χ2n) is 3.66. The molecule has 0 heterocycles. The van der Waals surface area contributed by atoms with Crippen LogP contribution >= 0.6 is 0 Å². The van der Waals surface area contributed by atoms with E-state index in [0.717, 1.165) is 12.8 Å². The van der Waals surface area contributed by atoms with Crippen LogP contribution in [0, 0.1) is 15.9 Å². The van der Waals surface area contributed by atoms with Gasteiger partial charge >= 0.3 is 5.69 Å². The van der Waals surface area contributed by atoms with Crippen molar-refractivity contribution in [2.45, 2.75) is 25.4 Å². The molecule has 1 aliphatic carbocycles. The summed E-state index contributed by atoms with van der Waals surface area (Å²) < 4.78 is 13.5. The number of nitrogens with one attached hydrogen (secondary N) is 1. The molecular weight excluding hydrogens is 199 g/mol. The molecule has 2 rings (SSSR count). The van der Waals surface area contributed by atoms with Crippen molar-refractivity contribution >= 4 is 5.69 Å². The minimum Gasteiger partial charge on any atom is -0.310 e. The lowest BCUT2D eigenvalue weighted by molar-refractivity contribution is -0.387. The van der Waals surface area contributed by atoms with Crippen LogP contribution in [-0.2, 0) is 6.54 Å². The van der Waals surface area contributed by atoms with Gasteiger partial charge in [-0.15, -0.1) is 0 Å². The summed E-state index contributed by atoms with van der Waals surface area (Å²) in [6.45, 7) is 0.359. The quantitative estimate of drug-likeness (QED) is 0.610. The Morgan fingerprint density at radius 2 is 2.27 bits per heavy atom. The largest absolute Gasteiger partial charge is 0.310 e. The normalized spacial score (nSPS) is 15.3. The number of rotatable bonds is 4. The van der Waals surface area contributed by atoms with Gasteiger partial charge in [-0.2, -0.15) is 4.39 Å². The predicted molar refractivity (Wildman–Crippen MR) is 52.9 cm³/mol. The molecule has 80 valence electrons. The molecule has 1 aromatic rings. The zero-order chi connectivity index (χ0) is 10.8. The summed E-state index contributed by atoms with van der Waals surface area (Å²) in [6.07, 6.45) is 2.22. The number of benzene rings is 1. The van der Waals surface area contributed by atoms with Gasteiger partial charge in [-0.05, 0) is 12.8 Å². The van der Waals surface area contributed by atoms with Crippen molar-refractivity contribution in [2.24, 2.45) is 0 Å². The fourth-order valence-corrected chi connectivity index (χ4v) is 1.39. The molecule has 4 nitrogen and oxygen atoms in total. The van der Waals surface area contributed by atoms with Gasteiger partial charge in [0.2, 0.25) is 5.82 Å². The third kappa shape index (κ3) is 2.30. The lowest BCUT2D eigenvalue weighted by Gasteiger charge is -2.04. The standard InChI is InChI=1S/C10H11FN2O2/c11-10-7(6-12-8-4-5-8)2-1-3-9(10)13(14)15/h1-3,8,12H,4-6H2. The van der Waals surface area contributed by atoms with E-state index in [9.17, 15) is 14.5 Å². The van der Waals surface area contributed by atoms with Gasteiger partial charge in [0.25, 0.3) is 0 Å². The highest BCUT2D eigenvalue weighted by atomic mass is 19.1. The Hall–Kier alpha value is -1.49. The molecule has 1 fully saturated rings. The van der Waals surface area contributed by atoms with Crippen molar-refractivity contribution in [1.29, 1.82) is 0 Å². The third-order valence-electron chi connectivity index (χ3n) is 2.41. The van der Waals surface area contributed by atoms with Crippen molar-refractivity contribution in [2.75, 3.05) is 0 Å². The molecule has 0 aliphatic heterocycles. The Kier molecular flexibility index (Phi) is 2.64. The van der Waals surface area contributed by atoms with Crippen LogP contribution in [0.5, 0.6) is 0 Å². The van der Waals surface area contributed by atoms with E-state index in [-0.39, 0.29) is 0 Å². The number of nitrogens with zero attached hydrogens (tertiary/aromatic N) is 1. The number of hydrogen-bond acceptors (Lipinski definition) is 3. The smallest absolute Gasteiger partial charge is 0.305 e. The van der Waals surface area contributed by atoms with Gasteiger partial charge in [0, 0.05) is 24.2 Å². The van der Waals surface area contributed by atoms with Crippen molar-refractivity contribution in [3.63, 3.8) is 0 Å². The zero-order valence-electron chi connectivity index (χ0n) is 8.07. The van der Waals surface area contributed by atoms with Gasteiger partial charge in [-0.3, -0.25) is 10.1 Å². The fourth-order valence-electron chi connectivity index (χ4n) is 1.39.